The Kier molecular flexibility index (Phi) is 5.69. The van der Waals surface area contributed by atoms with E-state index in [0.29, 0.717) is 23.4 Å². The highest BCUT2D eigenvalue weighted by Gasteiger charge is 2.09. The van der Waals surface area contributed by atoms with E-state index in [1.165, 1.54) is 0 Å². The lowest BCUT2D eigenvalue weighted by atomic mass is 10.1. The molecule has 0 fully saturated rings. The Morgan fingerprint density at radius 1 is 1.09 bits per heavy atom. The fourth-order valence-electron chi connectivity index (χ4n) is 2.03. The minimum atomic E-state index is -0.403. The van der Waals surface area contributed by atoms with Crippen molar-refractivity contribution in [2.75, 3.05) is 11.9 Å². The molecular weight excluding hydrogens is 290 g/mol. The minimum Gasteiger partial charge on any atom is -0.462 e. The highest BCUT2D eigenvalue weighted by Crippen LogP contribution is 2.14. The Morgan fingerprint density at radius 2 is 1.83 bits per heavy atom. The predicted molar refractivity (Wildman–Crippen MR) is 91.1 cm³/mol. The number of ether oxygens (including phenoxy) is 1. The van der Waals surface area contributed by atoms with Crippen LogP contribution < -0.4 is 5.32 Å². The van der Waals surface area contributed by atoms with Crippen LogP contribution in [-0.2, 0) is 9.53 Å². The first-order valence-corrected chi connectivity index (χ1v) is 7.42. The molecule has 0 aliphatic carbocycles. The fraction of sp³-hybridized carbons (Fsp3) is 0.158. The molecule has 0 saturated heterocycles. The lowest BCUT2D eigenvalue weighted by Crippen LogP contribution is -2.13. The monoisotopic (exact) mass is 309 g/mol. The van der Waals surface area contributed by atoms with Crippen molar-refractivity contribution in [3.63, 3.8) is 0 Å². The van der Waals surface area contributed by atoms with Gasteiger partial charge in [0.2, 0.25) is 0 Å². The molecule has 0 aliphatic rings. The molecule has 4 heteroatoms. The van der Waals surface area contributed by atoms with Crippen LogP contribution in [-0.4, -0.2) is 18.5 Å². The lowest BCUT2D eigenvalue weighted by molar-refractivity contribution is -0.112. The molecule has 0 bridgehead atoms. The number of hydrogen-bond donors (Lipinski definition) is 1. The molecule has 0 radical (unpaired) electrons. The number of anilines is 1. The van der Waals surface area contributed by atoms with Gasteiger partial charge in [0.05, 0.1) is 12.2 Å². The van der Waals surface area contributed by atoms with Crippen LogP contribution in [0.5, 0.6) is 0 Å². The summed E-state index contributed by atoms with van der Waals surface area (Å²) >= 11 is 0. The summed E-state index contributed by atoms with van der Waals surface area (Å²) < 4.78 is 4.95. The third-order valence-electron chi connectivity index (χ3n) is 3.17. The summed E-state index contributed by atoms with van der Waals surface area (Å²) in [5.41, 5.74) is 2.51. The Hall–Kier alpha value is -2.88. The van der Waals surface area contributed by atoms with Gasteiger partial charge in [-0.2, -0.15) is 0 Å². The van der Waals surface area contributed by atoms with Gasteiger partial charge in [-0.3, -0.25) is 4.79 Å². The van der Waals surface area contributed by atoms with E-state index in [2.05, 4.69) is 5.32 Å². The maximum absolute atomic E-state index is 12.2. The molecule has 1 amide bonds. The molecule has 4 nitrogen and oxygen atoms in total. The zero-order valence-electron chi connectivity index (χ0n) is 13.2. The molecule has 0 heterocycles. The number of rotatable bonds is 5. The van der Waals surface area contributed by atoms with Crippen LogP contribution in [0, 0.1) is 0 Å². The molecule has 2 aromatic carbocycles. The van der Waals surface area contributed by atoms with Gasteiger partial charge in [-0.05, 0) is 43.7 Å². The summed E-state index contributed by atoms with van der Waals surface area (Å²) in [5, 5.41) is 2.78. The lowest BCUT2D eigenvalue weighted by Gasteiger charge is -2.07. The Labute approximate surface area is 135 Å². The first-order valence-electron chi connectivity index (χ1n) is 7.42. The molecule has 0 aliphatic heterocycles. The minimum absolute atomic E-state index is 0.213. The largest absolute Gasteiger partial charge is 0.462 e. The normalized spacial score (nSPS) is 11.0. The summed E-state index contributed by atoms with van der Waals surface area (Å²) in [6.45, 7) is 3.81. The van der Waals surface area contributed by atoms with E-state index in [-0.39, 0.29) is 5.91 Å². The van der Waals surface area contributed by atoms with Crippen LogP contribution in [0.25, 0.3) is 6.08 Å². The van der Waals surface area contributed by atoms with Gasteiger partial charge in [-0.1, -0.05) is 36.4 Å². The second-order valence-electron chi connectivity index (χ2n) is 4.99. The van der Waals surface area contributed by atoms with Crippen LogP contribution in [0.1, 0.15) is 29.8 Å². The maximum Gasteiger partial charge on any atom is 0.338 e. The quantitative estimate of drug-likeness (QED) is 0.673. The van der Waals surface area contributed by atoms with Crippen LogP contribution in [0.4, 0.5) is 5.69 Å². The molecule has 2 aromatic rings. The topological polar surface area (TPSA) is 55.4 Å². The predicted octanol–water partition coefficient (Wildman–Crippen LogP) is 3.91. The van der Waals surface area contributed by atoms with Crippen molar-refractivity contribution in [2.45, 2.75) is 13.8 Å². The molecule has 0 aromatic heterocycles. The number of esters is 1. The van der Waals surface area contributed by atoms with E-state index in [1.807, 2.05) is 36.4 Å². The van der Waals surface area contributed by atoms with Gasteiger partial charge in [0.1, 0.15) is 0 Å². The number of nitrogens with one attached hydrogen (secondary N) is 1. The summed E-state index contributed by atoms with van der Waals surface area (Å²) in [6, 6.07) is 16.3. The Balaban J connectivity index is 2.09. The third kappa shape index (κ3) is 4.81. The van der Waals surface area contributed by atoms with Crippen LogP contribution >= 0.6 is 0 Å². The Bertz CT molecular complexity index is 720. The molecule has 0 spiro atoms. The van der Waals surface area contributed by atoms with Gasteiger partial charge in [0.25, 0.3) is 5.91 Å². The van der Waals surface area contributed by atoms with Gasteiger partial charge in [-0.15, -0.1) is 0 Å². The zero-order chi connectivity index (χ0) is 16.7. The van der Waals surface area contributed by atoms with Gasteiger partial charge < -0.3 is 10.1 Å². The molecule has 0 unspecified atom stereocenters. The standard InChI is InChI=1S/C19H19NO3/c1-3-23-19(22)16-10-7-11-17(13-16)20-18(21)14(2)12-15-8-5-4-6-9-15/h4-13H,3H2,1-2H3,(H,20,21)/b14-12+. The van der Waals surface area contributed by atoms with E-state index in [9.17, 15) is 9.59 Å². The summed E-state index contributed by atoms with van der Waals surface area (Å²) in [4.78, 5) is 23.9. The van der Waals surface area contributed by atoms with E-state index >= 15 is 0 Å². The van der Waals surface area contributed by atoms with Gasteiger partial charge in [-0.25, -0.2) is 4.79 Å². The average molecular weight is 309 g/mol. The highest BCUT2D eigenvalue weighted by molar-refractivity contribution is 6.06. The van der Waals surface area contributed by atoms with Gasteiger partial charge in [0.15, 0.2) is 0 Å². The average Bonchev–Trinajstić information content (AvgIpc) is 2.56. The molecular formula is C19H19NO3. The summed E-state index contributed by atoms with van der Waals surface area (Å²) in [5.74, 6) is -0.616. The van der Waals surface area contributed by atoms with Crippen molar-refractivity contribution < 1.29 is 14.3 Å². The van der Waals surface area contributed by atoms with Crippen LogP contribution in [0.2, 0.25) is 0 Å². The fourth-order valence-corrected chi connectivity index (χ4v) is 2.03. The SMILES string of the molecule is CCOC(=O)c1cccc(NC(=O)/C(C)=C/c2ccccc2)c1. The number of carbonyl (C=O) groups excluding carboxylic acids is 2. The molecule has 23 heavy (non-hydrogen) atoms. The van der Waals surface area contributed by atoms with Crippen molar-refractivity contribution in [3.05, 3.63) is 71.3 Å². The highest BCUT2D eigenvalue weighted by atomic mass is 16.5. The van der Waals surface area contributed by atoms with Crippen molar-refractivity contribution in [1.82, 2.24) is 0 Å². The van der Waals surface area contributed by atoms with E-state index in [4.69, 9.17) is 4.74 Å². The van der Waals surface area contributed by atoms with Gasteiger partial charge in [0, 0.05) is 11.3 Å². The second-order valence-corrected chi connectivity index (χ2v) is 4.99. The van der Waals surface area contributed by atoms with E-state index in [0.717, 1.165) is 5.56 Å². The van der Waals surface area contributed by atoms with Crippen molar-refractivity contribution in [2.24, 2.45) is 0 Å². The van der Waals surface area contributed by atoms with Crippen molar-refractivity contribution >= 4 is 23.6 Å². The van der Waals surface area contributed by atoms with Crippen LogP contribution in [0.15, 0.2) is 60.2 Å². The molecule has 2 rings (SSSR count). The second kappa shape index (κ2) is 7.94. The van der Waals surface area contributed by atoms with E-state index in [1.54, 1.807) is 38.1 Å². The van der Waals surface area contributed by atoms with Crippen molar-refractivity contribution in [1.29, 1.82) is 0 Å². The van der Waals surface area contributed by atoms with Crippen LogP contribution in [0.3, 0.4) is 0 Å². The van der Waals surface area contributed by atoms with E-state index < -0.39 is 5.97 Å². The smallest absolute Gasteiger partial charge is 0.338 e. The zero-order valence-corrected chi connectivity index (χ0v) is 13.2. The summed E-state index contributed by atoms with van der Waals surface area (Å²) in [7, 11) is 0. The first-order chi connectivity index (χ1) is 11.1. The Morgan fingerprint density at radius 3 is 2.52 bits per heavy atom. The molecule has 1 N–H and O–H groups in total. The third-order valence-corrected chi connectivity index (χ3v) is 3.17. The number of carbonyl (C=O) groups is 2. The molecule has 118 valence electrons. The first kappa shape index (κ1) is 16.5. The number of amides is 1. The maximum atomic E-state index is 12.2. The molecule has 0 saturated carbocycles. The number of hydrogen-bond acceptors (Lipinski definition) is 3. The van der Waals surface area contributed by atoms with Crippen molar-refractivity contribution in [3.8, 4) is 0 Å². The number of benzene rings is 2. The summed E-state index contributed by atoms with van der Waals surface area (Å²) in [6.07, 6.45) is 1.81. The van der Waals surface area contributed by atoms with Gasteiger partial charge >= 0.3 is 5.97 Å². The molecule has 0 atom stereocenters.